The summed E-state index contributed by atoms with van der Waals surface area (Å²) in [4.78, 5) is 29.0. The van der Waals surface area contributed by atoms with Crippen molar-refractivity contribution in [3.8, 4) is 0 Å². The van der Waals surface area contributed by atoms with E-state index in [9.17, 15) is 14.7 Å². The van der Waals surface area contributed by atoms with E-state index in [2.05, 4.69) is 4.90 Å². The highest BCUT2D eigenvalue weighted by atomic mass is 16.5. The van der Waals surface area contributed by atoms with E-state index in [0.29, 0.717) is 13.1 Å². The lowest BCUT2D eigenvalue weighted by molar-refractivity contribution is -0.152. The lowest BCUT2D eigenvalue weighted by atomic mass is 10.0. The summed E-state index contributed by atoms with van der Waals surface area (Å²) in [5.74, 6) is -1.89. The molecule has 0 aliphatic carbocycles. The van der Waals surface area contributed by atoms with Crippen LogP contribution in [0.3, 0.4) is 0 Å². The predicted molar refractivity (Wildman–Crippen MR) is 98.2 cm³/mol. The maximum Gasteiger partial charge on any atom is 0.315 e. The minimum Gasteiger partial charge on any atom is -0.469 e. The Balaban J connectivity index is 1.72. The van der Waals surface area contributed by atoms with Crippen molar-refractivity contribution in [2.75, 3.05) is 13.7 Å². The van der Waals surface area contributed by atoms with Gasteiger partial charge in [-0.25, -0.2) is 0 Å². The number of ether oxygens (including phenoxy) is 1. The van der Waals surface area contributed by atoms with Crippen LogP contribution < -0.4 is 0 Å². The maximum atomic E-state index is 12.8. The molecule has 0 radical (unpaired) electrons. The fraction of sp³-hybridized carbons (Fsp3) is 0.333. The van der Waals surface area contributed by atoms with Crippen molar-refractivity contribution in [1.29, 1.82) is 0 Å². The molecule has 140 valence electrons. The Bertz CT molecular complexity index is 827. The molecule has 0 bridgehead atoms. The number of aliphatic hydroxyl groups excluding tert-OH is 1. The van der Waals surface area contributed by atoms with E-state index >= 15 is 0 Å². The second-order valence-corrected chi connectivity index (χ2v) is 6.99. The molecule has 1 amide bonds. The van der Waals surface area contributed by atoms with Crippen molar-refractivity contribution < 1.29 is 19.4 Å². The topological polar surface area (TPSA) is 70.1 Å². The number of hydrogen-bond acceptors (Lipinski definition) is 5. The number of carbonyl (C=O) groups is 2. The largest absolute Gasteiger partial charge is 0.469 e. The molecule has 0 unspecified atom stereocenters. The van der Waals surface area contributed by atoms with Gasteiger partial charge in [0, 0.05) is 13.1 Å². The van der Waals surface area contributed by atoms with Crippen LogP contribution >= 0.6 is 0 Å². The van der Waals surface area contributed by atoms with Crippen LogP contribution in [-0.2, 0) is 20.9 Å². The zero-order valence-electron chi connectivity index (χ0n) is 15.1. The zero-order chi connectivity index (χ0) is 19.0. The van der Waals surface area contributed by atoms with Gasteiger partial charge in [0.2, 0.25) is 0 Å². The highest BCUT2D eigenvalue weighted by Gasteiger charge is 2.59. The Labute approximate surface area is 158 Å². The van der Waals surface area contributed by atoms with Crippen molar-refractivity contribution in [2.24, 2.45) is 5.92 Å². The summed E-state index contributed by atoms with van der Waals surface area (Å²) in [6.45, 7) is 1.17. The smallest absolute Gasteiger partial charge is 0.315 e. The zero-order valence-corrected chi connectivity index (χ0v) is 15.1. The normalized spacial score (nSPS) is 27.6. The molecule has 2 aromatic rings. The summed E-state index contributed by atoms with van der Waals surface area (Å²) in [6, 6.07) is 19.4. The number of rotatable bonds is 4. The van der Waals surface area contributed by atoms with E-state index in [4.69, 9.17) is 4.74 Å². The summed E-state index contributed by atoms with van der Waals surface area (Å²) < 4.78 is 4.90. The van der Waals surface area contributed by atoms with Gasteiger partial charge in [-0.2, -0.15) is 0 Å². The molecule has 0 aromatic heterocycles. The quantitative estimate of drug-likeness (QED) is 0.832. The second-order valence-electron chi connectivity index (χ2n) is 6.99. The fourth-order valence-corrected chi connectivity index (χ4v) is 4.24. The standard InChI is InChI=1S/C21H22N2O4/c1-27-21(26)17-18(24)20(25)23-16(15-10-6-3-7-11-15)13-22(19(17)23)12-14-8-4-2-5-9-14/h2-11,16-19,24H,12-13H2,1H3/t16-,17+,18+,19+/m1/s1. The van der Waals surface area contributed by atoms with Crippen molar-refractivity contribution in [2.45, 2.75) is 24.9 Å². The summed E-state index contributed by atoms with van der Waals surface area (Å²) in [7, 11) is 1.29. The van der Waals surface area contributed by atoms with Crippen molar-refractivity contribution in [3.63, 3.8) is 0 Å². The van der Waals surface area contributed by atoms with Crippen LogP contribution in [0, 0.1) is 5.92 Å². The van der Waals surface area contributed by atoms with E-state index in [0.717, 1.165) is 11.1 Å². The molecule has 2 aliphatic rings. The molecule has 27 heavy (non-hydrogen) atoms. The number of fused-ring (bicyclic) bond motifs is 1. The van der Waals surface area contributed by atoms with Gasteiger partial charge in [0.15, 0.2) is 0 Å². The number of carbonyl (C=O) groups excluding carboxylic acids is 2. The van der Waals surface area contributed by atoms with Gasteiger partial charge in [-0.05, 0) is 11.1 Å². The maximum absolute atomic E-state index is 12.8. The Morgan fingerprint density at radius 2 is 1.74 bits per heavy atom. The molecular formula is C21H22N2O4. The number of methoxy groups -OCH3 is 1. The van der Waals surface area contributed by atoms with Crippen molar-refractivity contribution in [1.82, 2.24) is 9.80 Å². The Morgan fingerprint density at radius 3 is 2.37 bits per heavy atom. The van der Waals surface area contributed by atoms with Gasteiger partial charge in [-0.15, -0.1) is 0 Å². The molecule has 2 aromatic carbocycles. The molecular weight excluding hydrogens is 344 g/mol. The first kappa shape index (κ1) is 17.7. The van der Waals surface area contributed by atoms with Crippen LogP contribution in [0.2, 0.25) is 0 Å². The van der Waals surface area contributed by atoms with Gasteiger partial charge in [0.1, 0.15) is 18.2 Å². The minimum atomic E-state index is -1.38. The van der Waals surface area contributed by atoms with Gasteiger partial charge in [0.05, 0.1) is 13.2 Å². The summed E-state index contributed by atoms with van der Waals surface area (Å²) in [5.41, 5.74) is 2.08. The first-order valence-corrected chi connectivity index (χ1v) is 9.03. The van der Waals surface area contributed by atoms with E-state index in [1.807, 2.05) is 60.7 Å². The molecule has 1 N–H and O–H groups in total. The van der Waals surface area contributed by atoms with Gasteiger partial charge >= 0.3 is 5.97 Å². The molecule has 2 heterocycles. The van der Waals surface area contributed by atoms with E-state index < -0.39 is 30.1 Å². The van der Waals surface area contributed by atoms with Crippen molar-refractivity contribution in [3.05, 3.63) is 71.8 Å². The lowest BCUT2D eigenvalue weighted by Gasteiger charge is -2.28. The third kappa shape index (κ3) is 3.01. The Kier molecular flexibility index (Phi) is 4.68. The van der Waals surface area contributed by atoms with E-state index in [1.54, 1.807) is 4.90 Å². The van der Waals surface area contributed by atoms with E-state index in [-0.39, 0.29) is 6.04 Å². The Morgan fingerprint density at radius 1 is 1.11 bits per heavy atom. The molecule has 2 fully saturated rings. The third-order valence-electron chi connectivity index (χ3n) is 5.46. The van der Waals surface area contributed by atoms with Crippen LogP contribution in [0.5, 0.6) is 0 Å². The van der Waals surface area contributed by atoms with Crippen LogP contribution in [0.1, 0.15) is 17.2 Å². The molecule has 2 saturated heterocycles. The molecule has 0 spiro atoms. The minimum absolute atomic E-state index is 0.211. The van der Waals surface area contributed by atoms with Crippen LogP contribution in [0.15, 0.2) is 60.7 Å². The number of esters is 1. The Hall–Kier alpha value is -2.70. The molecule has 0 saturated carbocycles. The molecule has 4 atom stereocenters. The second kappa shape index (κ2) is 7.13. The van der Waals surface area contributed by atoms with Crippen LogP contribution in [-0.4, -0.2) is 52.7 Å². The van der Waals surface area contributed by atoms with Crippen LogP contribution in [0.25, 0.3) is 0 Å². The first-order valence-electron chi connectivity index (χ1n) is 9.03. The summed E-state index contributed by atoms with van der Waals surface area (Å²) >= 11 is 0. The molecule has 4 rings (SSSR count). The predicted octanol–water partition coefficient (Wildman–Crippen LogP) is 1.56. The molecule has 6 nitrogen and oxygen atoms in total. The van der Waals surface area contributed by atoms with Gasteiger partial charge < -0.3 is 14.7 Å². The highest BCUT2D eigenvalue weighted by molar-refractivity contribution is 5.92. The number of hydrogen-bond donors (Lipinski definition) is 1. The highest BCUT2D eigenvalue weighted by Crippen LogP contribution is 2.43. The third-order valence-corrected chi connectivity index (χ3v) is 5.46. The van der Waals surface area contributed by atoms with Gasteiger partial charge in [-0.3, -0.25) is 14.5 Å². The number of benzene rings is 2. The number of nitrogens with zero attached hydrogens (tertiary/aromatic N) is 2. The summed E-state index contributed by atoms with van der Waals surface area (Å²) in [5, 5.41) is 10.5. The molecule has 2 aliphatic heterocycles. The molecule has 6 heteroatoms. The lowest BCUT2D eigenvalue weighted by Crippen LogP contribution is -2.43. The number of aliphatic hydroxyl groups is 1. The SMILES string of the molecule is COC(=O)[C@H]1[C@H](O)C(=O)N2[C@@H](c3ccccc3)CN(Cc3ccccc3)[C@H]12. The van der Waals surface area contributed by atoms with E-state index in [1.165, 1.54) is 7.11 Å². The number of amides is 1. The monoisotopic (exact) mass is 366 g/mol. The van der Waals surface area contributed by atoms with Gasteiger partial charge in [-0.1, -0.05) is 60.7 Å². The van der Waals surface area contributed by atoms with Gasteiger partial charge in [0.25, 0.3) is 5.91 Å². The fourth-order valence-electron chi connectivity index (χ4n) is 4.24. The van der Waals surface area contributed by atoms with Crippen molar-refractivity contribution >= 4 is 11.9 Å². The summed E-state index contributed by atoms with van der Waals surface area (Å²) in [6.07, 6.45) is -1.91. The average Bonchev–Trinajstić information content (AvgIpc) is 3.19. The first-order chi connectivity index (χ1) is 13.1. The van der Waals surface area contributed by atoms with Crippen LogP contribution in [0.4, 0.5) is 0 Å². The average molecular weight is 366 g/mol.